The second-order valence-electron chi connectivity index (χ2n) is 4.22. The number of likely N-dealkylation sites (N-methyl/N-ethyl adjacent to an activating group) is 1. The van der Waals surface area contributed by atoms with Gasteiger partial charge in [0, 0.05) is 25.2 Å². The van der Waals surface area contributed by atoms with Gasteiger partial charge in [-0.25, -0.2) is 8.42 Å². The van der Waals surface area contributed by atoms with Gasteiger partial charge in [-0.05, 0) is 20.9 Å². The fourth-order valence-corrected chi connectivity index (χ4v) is 3.20. The van der Waals surface area contributed by atoms with Crippen LogP contribution in [0.3, 0.4) is 0 Å². The standard InChI is InChI=1S/C9H20N2O3S/c1-8-6-11(7-9(2)10(8)3)15(13,14)5-4-12/h8-9,12H,4-7H2,1-3H3. The van der Waals surface area contributed by atoms with Crippen molar-refractivity contribution >= 4 is 10.0 Å². The Morgan fingerprint density at radius 3 is 2.13 bits per heavy atom. The topological polar surface area (TPSA) is 60.9 Å². The number of aliphatic hydroxyl groups is 1. The van der Waals surface area contributed by atoms with Crippen LogP contribution in [0.1, 0.15) is 13.8 Å². The monoisotopic (exact) mass is 236 g/mol. The van der Waals surface area contributed by atoms with E-state index in [2.05, 4.69) is 4.90 Å². The first kappa shape index (κ1) is 12.9. The van der Waals surface area contributed by atoms with Gasteiger partial charge in [0.1, 0.15) is 0 Å². The van der Waals surface area contributed by atoms with E-state index >= 15 is 0 Å². The Labute approximate surface area is 91.7 Å². The lowest BCUT2D eigenvalue weighted by molar-refractivity contribution is 0.105. The summed E-state index contributed by atoms with van der Waals surface area (Å²) < 4.78 is 24.9. The minimum absolute atomic E-state index is 0.170. The molecule has 1 heterocycles. The predicted molar refractivity (Wildman–Crippen MR) is 59.1 cm³/mol. The Bertz CT molecular complexity index is 292. The maximum absolute atomic E-state index is 11.7. The highest BCUT2D eigenvalue weighted by atomic mass is 32.2. The largest absolute Gasteiger partial charge is 0.395 e. The molecular formula is C9H20N2O3S. The lowest BCUT2D eigenvalue weighted by Crippen LogP contribution is -2.56. The number of hydrogen-bond donors (Lipinski definition) is 1. The molecule has 5 nitrogen and oxygen atoms in total. The van der Waals surface area contributed by atoms with Gasteiger partial charge in [-0.1, -0.05) is 0 Å². The van der Waals surface area contributed by atoms with Crippen LogP contribution in [-0.4, -0.2) is 67.3 Å². The number of piperazine rings is 1. The van der Waals surface area contributed by atoms with E-state index in [-0.39, 0.29) is 24.4 Å². The number of hydrogen-bond acceptors (Lipinski definition) is 4. The van der Waals surface area contributed by atoms with E-state index in [0.717, 1.165) is 0 Å². The van der Waals surface area contributed by atoms with Crippen molar-refractivity contribution in [3.05, 3.63) is 0 Å². The quantitative estimate of drug-likeness (QED) is 0.706. The fourth-order valence-electron chi connectivity index (χ4n) is 1.83. The van der Waals surface area contributed by atoms with Crippen LogP contribution in [-0.2, 0) is 10.0 Å². The van der Waals surface area contributed by atoms with Crippen LogP contribution in [0.25, 0.3) is 0 Å². The van der Waals surface area contributed by atoms with Crippen LogP contribution < -0.4 is 0 Å². The molecule has 0 saturated carbocycles. The number of rotatable bonds is 3. The Balaban J connectivity index is 2.74. The Kier molecular flexibility index (Phi) is 4.11. The molecule has 6 heteroatoms. The third kappa shape index (κ3) is 2.90. The van der Waals surface area contributed by atoms with Crippen LogP contribution in [0.4, 0.5) is 0 Å². The summed E-state index contributed by atoms with van der Waals surface area (Å²) in [5.41, 5.74) is 0. The van der Waals surface area contributed by atoms with Crippen molar-refractivity contribution in [2.75, 3.05) is 32.5 Å². The van der Waals surface area contributed by atoms with Gasteiger partial charge in [-0.15, -0.1) is 0 Å². The van der Waals surface area contributed by atoms with Gasteiger partial charge in [-0.2, -0.15) is 4.31 Å². The zero-order valence-electron chi connectivity index (χ0n) is 9.55. The molecule has 0 aromatic rings. The first-order chi connectivity index (χ1) is 6.88. The Morgan fingerprint density at radius 2 is 1.73 bits per heavy atom. The van der Waals surface area contributed by atoms with E-state index in [0.29, 0.717) is 13.1 Å². The molecule has 90 valence electrons. The number of aliphatic hydroxyl groups excluding tert-OH is 1. The van der Waals surface area contributed by atoms with E-state index < -0.39 is 10.0 Å². The summed E-state index contributed by atoms with van der Waals surface area (Å²) in [6.07, 6.45) is 0. The van der Waals surface area contributed by atoms with Crippen LogP contribution >= 0.6 is 0 Å². The first-order valence-electron chi connectivity index (χ1n) is 5.19. The molecule has 0 aliphatic carbocycles. The molecule has 1 aliphatic heterocycles. The second-order valence-corrected chi connectivity index (χ2v) is 6.31. The summed E-state index contributed by atoms with van der Waals surface area (Å²) in [6, 6.07) is 0.449. The van der Waals surface area contributed by atoms with Gasteiger partial charge in [0.05, 0.1) is 12.4 Å². The summed E-state index contributed by atoms with van der Waals surface area (Å²) in [5.74, 6) is -0.170. The van der Waals surface area contributed by atoms with Crippen molar-refractivity contribution < 1.29 is 13.5 Å². The second kappa shape index (κ2) is 4.78. The molecule has 0 spiro atoms. The van der Waals surface area contributed by atoms with Gasteiger partial charge in [0.2, 0.25) is 10.0 Å². The van der Waals surface area contributed by atoms with Crippen molar-refractivity contribution in [3.8, 4) is 0 Å². The Hall–Kier alpha value is -0.170. The highest BCUT2D eigenvalue weighted by molar-refractivity contribution is 7.89. The molecule has 0 amide bonds. The van der Waals surface area contributed by atoms with E-state index in [1.54, 1.807) is 0 Å². The SMILES string of the molecule is CC1CN(S(=O)(=O)CCO)CC(C)N1C. The lowest BCUT2D eigenvalue weighted by atomic mass is 10.1. The van der Waals surface area contributed by atoms with Gasteiger partial charge in [0.25, 0.3) is 0 Å². The molecule has 0 bridgehead atoms. The van der Waals surface area contributed by atoms with Gasteiger partial charge < -0.3 is 5.11 Å². The van der Waals surface area contributed by atoms with Gasteiger partial charge in [-0.3, -0.25) is 4.90 Å². The molecule has 2 atom stereocenters. The fraction of sp³-hybridized carbons (Fsp3) is 1.00. The zero-order valence-corrected chi connectivity index (χ0v) is 10.4. The lowest BCUT2D eigenvalue weighted by Gasteiger charge is -2.41. The minimum atomic E-state index is -3.27. The average molecular weight is 236 g/mol. The molecule has 1 saturated heterocycles. The van der Waals surface area contributed by atoms with Crippen molar-refractivity contribution in [2.45, 2.75) is 25.9 Å². The van der Waals surface area contributed by atoms with Crippen LogP contribution in [0.5, 0.6) is 0 Å². The molecule has 15 heavy (non-hydrogen) atoms. The van der Waals surface area contributed by atoms with E-state index in [1.807, 2.05) is 20.9 Å². The average Bonchev–Trinajstić information content (AvgIpc) is 2.13. The van der Waals surface area contributed by atoms with Crippen LogP contribution in [0, 0.1) is 0 Å². The highest BCUT2D eigenvalue weighted by Crippen LogP contribution is 2.16. The van der Waals surface area contributed by atoms with Crippen molar-refractivity contribution in [1.82, 2.24) is 9.21 Å². The summed E-state index contributed by atoms with van der Waals surface area (Å²) in [5, 5.41) is 8.70. The molecule has 1 rings (SSSR count). The van der Waals surface area contributed by atoms with Gasteiger partial charge >= 0.3 is 0 Å². The molecule has 2 unspecified atom stereocenters. The van der Waals surface area contributed by atoms with Gasteiger partial charge in [0.15, 0.2) is 0 Å². The minimum Gasteiger partial charge on any atom is -0.395 e. The predicted octanol–water partition coefficient (Wildman–Crippen LogP) is -0.667. The summed E-state index contributed by atoms with van der Waals surface area (Å²) in [4.78, 5) is 2.17. The smallest absolute Gasteiger partial charge is 0.216 e. The molecule has 0 radical (unpaired) electrons. The van der Waals surface area contributed by atoms with E-state index in [9.17, 15) is 8.42 Å². The molecular weight excluding hydrogens is 216 g/mol. The van der Waals surface area contributed by atoms with Crippen molar-refractivity contribution in [2.24, 2.45) is 0 Å². The van der Waals surface area contributed by atoms with E-state index in [1.165, 1.54) is 4.31 Å². The van der Waals surface area contributed by atoms with E-state index in [4.69, 9.17) is 5.11 Å². The molecule has 0 aromatic heterocycles. The first-order valence-corrected chi connectivity index (χ1v) is 6.80. The normalized spacial score (nSPS) is 30.7. The van der Waals surface area contributed by atoms with Crippen LogP contribution in [0.2, 0.25) is 0 Å². The Morgan fingerprint density at radius 1 is 1.27 bits per heavy atom. The molecule has 1 N–H and O–H groups in total. The molecule has 1 fully saturated rings. The number of sulfonamides is 1. The maximum Gasteiger partial charge on any atom is 0.216 e. The summed E-state index contributed by atoms with van der Waals surface area (Å²) in [7, 11) is -1.26. The highest BCUT2D eigenvalue weighted by Gasteiger charge is 2.32. The van der Waals surface area contributed by atoms with Crippen molar-refractivity contribution in [3.63, 3.8) is 0 Å². The third-order valence-corrected chi connectivity index (χ3v) is 4.85. The summed E-state index contributed by atoms with van der Waals surface area (Å²) >= 11 is 0. The maximum atomic E-state index is 11.7. The third-order valence-electron chi connectivity index (χ3n) is 3.07. The molecule has 1 aliphatic rings. The zero-order chi connectivity index (χ0) is 11.6. The van der Waals surface area contributed by atoms with Crippen LogP contribution in [0.15, 0.2) is 0 Å². The van der Waals surface area contributed by atoms with Crippen molar-refractivity contribution in [1.29, 1.82) is 0 Å². The summed E-state index contributed by atoms with van der Waals surface area (Å²) in [6.45, 7) is 4.75. The number of nitrogens with zero attached hydrogens (tertiary/aromatic N) is 2. The molecule has 0 aromatic carbocycles.